The minimum Gasteiger partial charge on any atom is -0.496 e. The van der Waals surface area contributed by atoms with Gasteiger partial charge >= 0.3 is 0 Å². The molecule has 1 fully saturated rings. The number of carbonyl (C=O) groups excluding carboxylic acids is 2. The van der Waals surface area contributed by atoms with E-state index in [1.54, 1.807) is 19.1 Å². The van der Waals surface area contributed by atoms with Crippen molar-refractivity contribution in [1.29, 1.82) is 0 Å². The topological polar surface area (TPSA) is 72.8 Å². The lowest BCUT2D eigenvalue weighted by Crippen LogP contribution is -2.65. The van der Waals surface area contributed by atoms with Crippen molar-refractivity contribution < 1.29 is 19.1 Å². The van der Waals surface area contributed by atoms with Crippen LogP contribution in [0, 0.1) is 5.92 Å². The Morgan fingerprint density at radius 2 is 1.82 bits per heavy atom. The number of nitrogens with zero attached hydrogens (tertiary/aromatic N) is 2. The molecule has 1 N–H and O–H groups in total. The molecule has 7 heteroatoms. The molecular weight excluding hydrogens is 418 g/mol. The van der Waals surface area contributed by atoms with Crippen molar-refractivity contribution in [2.45, 2.75) is 77.4 Å². The predicted molar refractivity (Wildman–Crippen MR) is 129 cm³/mol. The molecule has 0 saturated heterocycles. The van der Waals surface area contributed by atoms with Crippen molar-refractivity contribution >= 4 is 22.7 Å². The Labute approximate surface area is 196 Å². The van der Waals surface area contributed by atoms with Crippen molar-refractivity contribution in [1.82, 2.24) is 14.8 Å². The summed E-state index contributed by atoms with van der Waals surface area (Å²) < 4.78 is 13.2. The number of hydrogen-bond donors (Lipinski definition) is 1. The van der Waals surface area contributed by atoms with E-state index < -0.39 is 5.54 Å². The number of benzene rings is 1. The van der Waals surface area contributed by atoms with Gasteiger partial charge in [0.15, 0.2) is 0 Å². The molecule has 2 heterocycles. The number of methoxy groups -OCH3 is 2. The van der Waals surface area contributed by atoms with Gasteiger partial charge in [0.05, 0.1) is 26.3 Å². The Morgan fingerprint density at radius 3 is 2.45 bits per heavy atom. The molecule has 0 radical (unpaired) electrons. The molecule has 0 unspecified atom stereocenters. The highest BCUT2D eigenvalue weighted by molar-refractivity contribution is 6.05. The van der Waals surface area contributed by atoms with Crippen LogP contribution in [0.4, 0.5) is 0 Å². The average molecular weight is 456 g/mol. The van der Waals surface area contributed by atoms with Gasteiger partial charge < -0.3 is 24.3 Å². The molecule has 2 aliphatic rings. The SMILES string of the molecule is COc1ccc(OC)c2c1cc1n2C[C@](C)(C(=O)NC2CCCCC2)N(CCC(C)C)C1=O. The lowest BCUT2D eigenvalue weighted by atomic mass is 9.91. The van der Waals surface area contributed by atoms with Gasteiger partial charge in [0.2, 0.25) is 5.91 Å². The van der Waals surface area contributed by atoms with E-state index in [4.69, 9.17) is 9.47 Å². The van der Waals surface area contributed by atoms with Crippen molar-refractivity contribution in [3.63, 3.8) is 0 Å². The third kappa shape index (κ3) is 4.18. The third-order valence-electron chi connectivity index (χ3n) is 7.31. The normalized spacial score (nSPS) is 21.4. The zero-order valence-electron chi connectivity index (χ0n) is 20.6. The Hall–Kier alpha value is -2.70. The maximum Gasteiger partial charge on any atom is 0.271 e. The molecule has 0 spiro atoms. The van der Waals surface area contributed by atoms with Crippen LogP contribution in [0.5, 0.6) is 11.5 Å². The molecule has 1 aliphatic heterocycles. The summed E-state index contributed by atoms with van der Waals surface area (Å²) in [6.45, 7) is 7.10. The Bertz CT molecular complexity index is 1040. The highest BCUT2D eigenvalue weighted by Gasteiger charge is 2.48. The molecule has 1 aromatic heterocycles. The molecule has 1 aliphatic carbocycles. The number of fused-ring (bicyclic) bond motifs is 3. The molecule has 0 bridgehead atoms. The van der Waals surface area contributed by atoms with Crippen molar-refractivity contribution in [2.75, 3.05) is 20.8 Å². The zero-order valence-corrected chi connectivity index (χ0v) is 20.6. The van der Waals surface area contributed by atoms with Gasteiger partial charge in [-0.1, -0.05) is 33.1 Å². The van der Waals surface area contributed by atoms with Gasteiger partial charge in [0, 0.05) is 18.0 Å². The first-order valence-corrected chi connectivity index (χ1v) is 12.2. The summed E-state index contributed by atoms with van der Waals surface area (Å²) in [5, 5.41) is 4.11. The highest BCUT2D eigenvalue weighted by Crippen LogP contribution is 2.40. The van der Waals surface area contributed by atoms with Crippen LogP contribution in [-0.4, -0.2) is 53.6 Å². The molecule has 7 nitrogen and oxygen atoms in total. The lowest BCUT2D eigenvalue weighted by molar-refractivity contribution is -0.133. The van der Waals surface area contributed by atoms with Crippen LogP contribution >= 0.6 is 0 Å². The lowest BCUT2D eigenvalue weighted by Gasteiger charge is -2.45. The molecule has 4 rings (SSSR count). The molecule has 2 aromatic rings. The van der Waals surface area contributed by atoms with Gasteiger partial charge in [-0.15, -0.1) is 0 Å². The first-order chi connectivity index (χ1) is 15.8. The Balaban J connectivity index is 1.79. The van der Waals surface area contributed by atoms with Crippen LogP contribution in [0.15, 0.2) is 18.2 Å². The van der Waals surface area contributed by atoms with Gasteiger partial charge in [-0.25, -0.2) is 0 Å². The first-order valence-electron chi connectivity index (χ1n) is 12.2. The van der Waals surface area contributed by atoms with E-state index in [0.29, 0.717) is 36.2 Å². The van der Waals surface area contributed by atoms with E-state index in [9.17, 15) is 9.59 Å². The minimum absolute atomic E-state index is 0.0686. The number of amides is 2. The maximum absolute atomic E-state index is 13.9. The van der Waals surface area contributed by atoms with E-state index in [0.717, 1.165) is 43.0 Å². The van der Waals surface area contributed by atoms with E-state index >= 15 is 0 Å². The summed E-state index contributed by atoms with van der Waals surface area (Å²) in [5.74, 6) is 1.58. The van der Waals surface area contributed by atoms with E-state index in [2.05, 4.69) is 19.2 Å². The van der Waals surface area contributed by atoms with Crippen molar-refractivity contribution in [3.05, 3.63) is 23.9 Å². The third-order valence-corrected chi connectivity index (χ3v) is 7.31. The highest BCUT2D eigenvalue weighted by atomic mass is 16.5. The molecule has 33 heavy (non-hydrogen) atoms. The second-order valence-electron chi connectivity index (χ2n) is 10.1. The van der Waals surface area contributed by atoms with Crippen molar-refractivity contribution in [3.8, 4) is 11.5 Å². The van der Waals surface area contributed by atoms with E-state index in [-0.39, 0.29) is 17.9 Å². The van der Waals surface area contributed by atoms with Gasteiger partial charge in [-0.2, -0.15) is 0 Å². The Morgan fingerprint density at radius 1 is 1.15 bits per heavy atom. The van der Waals surface area contributed by atoms with Gasteiger partial charge in [-0.3, -0.25) is 9.59 Å². The maximum atomic E-state index is 13.9. The van der Waals surface area contributed by atoms with Crippen LogP contribution in [0.3, 0.4) is 0 Å². The molecular formula is C26H37N3O4. The van der Waals surface area contributed by atoms with Crippen LogP contribution in [-0.2, 0) is 11.3 Å². The number of carbonyl (C=O) groups is 2. The number of aromatic nitrogens is 1. The summed E-state index contributed by atoms with van der Waals surface area (Å²) in [6, 6.07) is 5.76. The fourth-order valence-electron chi connectivity index (χ4n) is 5.28. The summed E-state index contributed by atoms with van der Waals surface area (Å²) in [7, 11) is 3.24. The number of ether oxygens (including phenoxy) is 2. The largest absolute Gasteiger partial charge is 0.496 e. The van der Waals surface area contributed by atoms with E-state index in [1.807, 2.05) is 29.7 Å². The fraction of sp³-hybridized carbons (Fsp3) is 0.615. The van der Waals surface area contributed by atoms with Crippen LogP contribution in [0.1, 0.15) is 69.8 Å². The number of hydrogen-bond acceptors (Lipinski definition) is 4. The summed E-state index contributed by atoms with van der Waals surface area (Å²) >= 11 is 0. The monoisotopic (exact) mass is 455 g/mol. The molecule has 1 saturated carbocycles. The number of nitrogens with one attached hydrogen (secondary N) is 1. The smallest absolute Gasteiger partial charge is 0.271 e. The summed E-state index contributed by atoms with van der Waals surface area (Å²) in [4.78, 5) is 29.4. The second-order valence-corrected chi connectivity index (χ2v) is 10.1. The van der Waals surface area contributed by atoms with Crippen molar-refractivity contribution in [2.24, 2.45) is 5.92 Å². The minimum atomic E-state index is -0.990. The molecule has 1 aromatic carbocycles. The van der Waals surface area contributed by atoms with Crippen LogP contribution in [0.25, 0.3) is 10.9 Å². The number of rotatable bonds is 7. The molecule has 1 atom stereocenters. The zero-order chi connectivity index (χ0) is 23.8. The Kier molecular flexibility index (Phi) is 6.59. The van der Waals surface area contributed by atoms with Gasteiger partial charge in [-0.05, 0) is 50.3 Å². The van der Waals surface area contributed by atoms with Gasteiger partial charge in [0.1, 0.15) is 22.7 Å². The quantitative estimate of drug-likeness (QED) is 0.673. The molecule has 2 amide bonds. The fourth-order valence-corrected chi connectivity index (χ4v) is 5.28. The summed E-state index contributed by atoms with van der Waals surface area (Å²) in [6.07, 6.45) is 6.35. The summed E-state index contributed by atoms with van der Waals surface area (Å²) in [5.41, 5.74) is 0.371. The van der Waals surface area contributed by atoms with Gasteiger partial charge in [0.25, 0.3) is 5.91 Å². The second kappa shape index (κ2) is 9.27. The standard InChI is InChI=1S/C26H37N3O4/c1-17(2)13-14-29-24(30)20-15-19-21(32-4)11-12-22(33-5)23(19)28(20)16-26(29,3)25(31)27-18-9-7-6-8-10-18/h11-12,15,17-18H,6-10,13-14,16H2,1-5H3,(H,27,31)/t26-/m1/s1. The predicted octanol–water partition coefficient (Wildman–Crippen LogP) is 4.37. The van der Waals surface area contributed by atoms with Crippen LogP contribution < -0.4 is 14.8 Å². The van der Waals surface area contributed by atoms with Crippen LogP contribution in [0.2, 0.25) is 0 Å². The average Bonchev–Trinajstić information content (AvgIpc) is 3.18. The van der Waals surface area contributed by atoms with E-state index in [1.165, 1.54) is 6.42 Å². The first kappa shape index (κ1) is 23.5. The molecule has 180 valence electrons.